The van der Waals surface area contributed by atoms with E-state index in [0.717, 1.165) is 54.2 Å². The van der Waals surface area contributed by atoms with Gasteiger partial charge in [0.25, 0.3) is 0 Å². The molecule has 0 spiro atoms. The van der Waals surface area contributed by atoms with Gasteiger partial charge in [0, 0.05) is 31.5 Å². The second-order valence-electron chi connectivity index (χ2n) is 11.8. The summed E-state index contributed by atoms with van der Waals surface area (Å²) in [6, 6.07) is 16.0. The van der Waals surface area contributed by atoms with E-state index >= 15 is 0 Å². The molecule has 3 heterocycles. The molecule has 0 bridgehead atoms. The van der Waals surface area contributed by atoms with E-state index in [4.69, 9.17) is 4.74 Å². The van der Waals surface area contributed by atoms with Crippen LogP contribution in [0.5, 0.6) is 5.75 Å². The Bertz CT molecular complexity index is 1620. The Morgan fingerprint density at radius 1 is 0.932 bits per heavy atom. The monoisotopic (exact) mass is 627 g/mol. The molecule has 1 saturated heterocycles. The van der Waals surface area contributed by atoms with Crippen LogP contribution in [0.4, 0.5) is 13.2 Å². The summed E-state index contributed by atoms with van der Waals surface area (Å²) >= 11 is 0. The first kappa shape index (κ1) is 30.6. The van der Waals surface area contributed by atoms with Crippen molar-refractivity contribution in [2.24, 2.45) is 0 Å². The third kappa shape index (κ3) is 6.50. The predicted molar refractivity (Wildman–Crippen MR) is 159 cm³/mol. The van der Waals surface area contributed by atoms with Crippen LogP contribution in [0.25, 0.3) is 0 Å². The van der Waals surface area contributed by atoms with Gasteiger partial charge in [0.2, 0.25) is 15.9 Å². The van der Waals surface area contributed by atoms with Crippen LogP contribution in [0.2, 0.25) is 0 Å². The van der Waals surface area contributed by atoms with E-state index in [1.807, 2.05) is 24.3 Å². The number of fused-ring (bicyclic) bond motifs is 2. The minimum atomic E-state index is -4.69. The van der Waals surface area contributed by atoms with Crippen molar-refractivity contribution >= 4 is 15.9 Å². The normalized spacial score (nSPS) is 21.2. The van der Waals surface area contributed by atoms with Crippen LogP contribution in [0, 0.1) is 0 Å². The molecule has 1 N–H and O–H groups in total. The van der Waals surface area contributed by atoms with Crippen molar-refractivity contribution in [1.82, 2.24) is 14.5 Å². The molecular weight excluding hydrogens is 591 g/mol. The molecule has 0 radical (unpaired) electrons. The van der Waals surface area contributed by atoms with E-state index in [1.54, 1.807) is 12.1 Å². The summed E-state index contributed by atoms with van der Waals surface area (Å²) in [6.45, 7) is 3.51. The number of amides is 1. The average Bonchev–Trinajstić information content (AvgIpc) is 3.01. The largest absolute Gasteiger partial charge is 0.493 e. The summed E-state index contributed by atoms with van der Waals surface area (Å²) < 4.78 is 75.0. The molecule has 3 aromatic rings. The Kier molecular flexibility index (Phi) is 8.72. The van der Waals surface area contributed by atoms with E-state index in [-0.39, 0.29) is 24.9 Å². The smallest absolute Gasteiger partial charge is 0.416 e. The van der Waals surface area contributed by atoms with Crippen LogP contribution < -0.4 is 10.1 Å². The highest BCUT2D eigenvalue weighted by Gasteiger charge is 2.39. The van der Waals surface area contributed by atoms with Crippen LogP contribution >= 0.6 is 0 Å². The molecule has 3 aliphatic heterocycles. The zero-order valence-corrected chi connectivity index (χ0v) is 25.2. The summed E-state index contributed by atoms with van der Waals surface area (Å²) in [4.78, 5) is 15.6. The first-order valence-corrected chi connectivity index (χ1v) is 16.6. The lowest BCUT2D eigenvalue weighted by molar-refractivity contribution is -0.137. The number of carbonyl (C=O) groups is 1. The van der Waals surface area contributed by atoms with Gasteiger partial charge in [-0.1, -0.05) is 48.9 Å². The SMILES string of the molecule is O=C(C[C@H]1c2ccccc2CCN1S(=O)(=O)c1cccc(C(F)(F)F)c1)N[C@@H]1CCOc2cc(CN3CCCCC3)ccc21. The number of nitrogens with zero attached hydrogens (tertiary/aromatic N) is 2. The molecule has 11 heteroatoms. The maximum absolute atomic E-state index is 13.8. The maximum Gasteiger partial charge on any atom is 0.416 e. The fourth-order valence-electron chi connectivity index (χ4n) is 6.58. The van der Waals surface area contributed by atoms with Gasteiger partial charge in [-0.2, -0.15) is 17.5 Å². The lowest BCUT2D eigenvalue weighted by Gasteiger charge is -2.36. The number of piperidine rings is 1. The number of rotatable bonds is 7. The van der Waals surface area contributed by atoms with Gasteiger partial charge in [-0.05, 0) is 73.3 Å². The molecule has 0 aromatic heterocycles. The van der Waals surface area contributed by atoms with Gasteiger partial charge in [0.1, 0.15) is 5.75 Å². The number of carbonyl (C=O) groups excluding carboxylic acids is 1. The highest BCUT2D eigenvalue weighted by atomic mass is 32.2. The molecule has 3 aromatic carbocycles. The summed E-state index contributed by atoms with van der Waals surface area (Å²) in [5, 5.41) is 3.10. The molecule has 44 heavy (non-hydrogen) atoms. The van der Waals surface area contributed by atoms with Crippen molar-refractivity contribution in [1.29, 1.82) is 0 Å². The second kappa shape index (κ2) is 12.5. The Balaban J connectivity index is 1.22. The van der Waals surface area contributed by atoms with Crippen molar-refractivity contribution in [3.63, 3.8) is 0 Å². The molecule has 0 saturated carbocycles. The number of hydrogen-bond donors (Lipinski definition) is 1. The lowest BCUT2D eigenvalue weighted by atomic mass is 9.92. The number of benzene rings is 3. The van der Waals surface area contributed by atoms with Crippen LogP contribution in [0.1, 0.15) is 72.0 Å². The third-order valence-corrected chi connectivity index (χ3v) is 10.7. The number of ether oxygens (including phenoxy) is 1. The summed E-state index contributed by atoms with van der Waals surface area (Å²) in [6.07, 6.45) is -0.216. The summed E-state index contributed by atoms with van der Waals surface area (Å²) in [7, 11) is -4.35. The molecule has 6 rings (SSSR count). The summed E-state index contributed by atoms with van der Waals surface area (Å²) in [5.74, 6) is 0.402. The fourth-order valence-corrected chi connectivity index (χ4v) is 8.24. The number of alkyl halides is 3. The van der Waals surface area contributed by atoms with Crippen molar-refractivity contribution in [2.75, 3.05) is 26.2 Å². The minimum Gasteiger partial charge on any atom is -0.493 e. The molecule has 0 aliphatic carbocycles. The van der Waals surface area contributed by atoms with E-state index in [1.165, 1.54) is 29.6 Å². The van der Waals surface area contributed by atoms with Crippen LogP contribution in [-0.2, 0) is 34.0 Å². The quantitative estimate of drug-likeness (QED) is 0.347. The molecule has 3 aliphatic rings. The molecular formula is C33H36F3N3O4S. The van der Waals surface area contributed by atoms with Gasteiger partial charge in [-0.25, -0.2) is 8.42 Å². The van der Waals surface area contributed by atoms with Crippen LogP contribution in [0.15, 0.2) is 71.6 Å². The van der Waals surface area contributed by atoms with E-state index in [0.29, 0.717) is 31.1 Å². The van der Waals surface area contributed by atoms with E-state index in [2.05, 4.69) is 16.3 Å². The highest BCUT2D eigenvalue weighted by molar-refractivity contribution is 7.89. The van der Waals surface area contributed by atoms with Gasteiger partial charge < -0.3 is 10.1 Å². The van der Waals surface area contributed by atoms with E-state index < -0.39 is 32.7 Å². The van der Waals surface area contributed by atoms with Gasteiger partial charge in [-0.3, -0.25) is 9.69 Å². The van der Waals surface area contributed by atoms with Crippen molar-refractivity contribution in [3.8, 4) is 5.75 Å². The summed E-state index contributed by atoms with van der Waals surface area (Å²) in [5.41, 5.74) is 2.59. The Morgan fingerprint density at radius 3 is 2.52 bits per heavy atom. The Morgan fingerprint density at radius 2 is 1.73 bits per heavy atom. The van der Waals surface area contributed by atoms with Crippen LogP contribution in [-0.4, -0.2) is 49.8 Å². The molecule has 2 atom stereocenters. The van der Waals surface area contributed by atoms with E-state index in [9.17, 15) is 26.4 Å². The molecule has 0 unspecified atom stereocenters. The zero-order chi connectivity index (χ0) is 30.9. The van der Waals surface area contributed by atoms with Crippen LogP contribution in [0.3, 0.4) is 0 Å². The highest BCUT2D eigenvalue weighted by Crippen LogP contribution is 2.39. The molecule has 7 nitrogen and oxygen atoms in total. The third-order valence-electron chi connectivity index (χ3n) is 8.82. The van der Waals surface area contributed by atoms with Gasteiger partial charge in [0.05, 0.1) is 29.1 Å². The topological polar surface area (TPSA) is 79.0 Å². The molecule has 234 valence electrons. The average molecular weight is 628 g/mol. The second-order valence-corrected chi connectivity index (χ2v) is 13.7. The number of likely N-dealkylation sites (tertiary alicyclic amines) is 1. The number of hydrogen-bond acceptors (Lipinski definition) is 5. The Hall–Kier alpha value is -3.41. The molecule has 1 fully saturated rings. The molecule has 1 amide bonds. The fraction of sp³-hybridized carbons (Fsp3) is 0.424. The standard InChI is InChI=1S/C33H36F3N3O4S/c34-33(35,36)25-8-6-9-26(20-25)44(41,42)39-17-13-24-7-2-3-10-27(24)30(39)21-32(40)37-29-14-18-43-31-19-23(11-12-28(29)31)22-38-15-4-1-5-16-38/h2-3,6-12,19-20,29-30H,1,4-5,13-18,21-22H2,(H,37,40)/t29-,30+/m1/s1. The minimum absolute atomic E-state index is 0.0490. The number of halogens is 3. The van der Waals surface area contributed by atoms with Gasteiger partial charge >= 0.3 is 6.18 Å². The number of sulfonamides is 1. The number of nitrogens with one attached hydrogen (secondary N) is 1. The first-order chi connectivity index (χ1) is 21.1. The maximum atomic E-state index is 13.8. The first-order valence-electron chi connectivity index (χ1n) is 15.1. The van der Waals surface area contributed by atoms with Gasteiger partial charge in [-0.15, -0.1) is 0 Å². The predicted octanol–water partition coefficient (Wildman–Crippen LogP) is 6.01. The zero-order valence-electron chi connectivity index (χ0n) is 24.4. The van der Waals surface area contributed by atoms with Crippen molar-refractivity contribution < 1.29 is 31.1 Å². The Labute approximate surface area is 256 Å². The van der Waals surface area contributed by atoms with Crippen molar-refractivity contribution in [2.45, 2.75) is 68.2 Å². The lowest BCUT2D eigenvalue weighted by Crippen LogP contribution is -2.43. The van der Waals surface area contributed by atoms with Gasteiger partial charge in [0.15, 0.2) is 0 Å². The van der Waals surface area contributed by atoms with Crippen molar-refractivity contribution in [3.05, 3.63) is 94.5 Å².